The van der Waals surface area contributed by atoms with Gasteiger partial charge in [0.05, 0.1) is 12.2 Å². The second-order valence-electron chi connectivity index (χ2n) is 3.18. The molecule has 0 amide bonds. The van der Waals surface area contributed by atoms with Crippen LogP contribution in [0, 0.1) is 17.2 Å². The summed E-state index contributed by atoms with van der Waals surface area (Å²) in [7, 11) is 0. The number of hydrogen-bond acceptors (Lipinski definition) is 3. The third-order valence-corrected chi connectivity index (χ3v) is 1.97. The molecule has 1 aliphatic rings. The second-order valence-corrected chi connectivity index (χ2v) is 3.18. The van der Waals surface area contributed by atoms with Gasteiger partial charge in [0.2, 0.25) is 0 Å². The van der Waals surface area contributed by atoms with E-state index in [9.17, 15) is 8.78 Å². The summed E-state index contributed by atoms with van der Waals surface area (Å²) in [6.07, 6.45) is -2.51. The van der Waals surface area contributed by atoms with Gasteiger partial charge >= 0.3 is 0 Å². The fourth-order valence-corrected chi connectivity index (χ4v) is 1.37. The normalized spacial score (nSPS) is 34.5. The molecule has 1 N–H and O–H groups in total. The summed E-state index contributed by atoms with van der Waals surface area (Å²) in [5.74, 6) is -2.15. The molecule has 1 aliphatic carbocycles. The van der Waals surface area contributed by atoms with E-state index in [-0.39, 0.29) is 6.42 Å². The molecule has 0 aromatic rings. The van der Waals surface area contributed by atoms with Crippen LogP contribution >= 0.6 is 0 Å². The van der Waals surface area contributed by atoms with Crippen LogP contribution in [-0.4, -0.2) is 23.7 Å². The quantitative estimate of drug-likeness (QED) is 0.691. The molecule has 4 atom stereocenters. The molecule has 0 bridgehead atoms. The van der Waals surface area contributed by atoms with Crippen molar-refractivity contribution in [2.45, 2.75) is 31.9 Å². The molecular weight excluding hydrogens is 192 g/mol. The Morgan fingerprint density at radius 3 is 2.86 bits per heavy atom. The minimum absolute atomic E-state index is 0.101. The van der Waals surface area contributed by atoms with E-state index in [1.807, 2.05) is 0 Å². The number of ether oxygens (including phenoxy) is 1. The van der Waals surface area contributed by atoms with Crippen molar-refractivity contribution in [1.29, 1.82) is 5.26 Å². The molecule has 0 fully saturated rings. The zero-order valence-electron chi connectivity index (χ0n) is 7.65. The molecule has 5 heteroatoms. The standard InChI is InChI=1S/C9H11F2NO2/c1-5(13)14-6-2-8(10)7(4-12)9(11)3-6/h2,5-7,9,13H,3H2,1H3. The van der Waals surface area contributed by atoms with Crippen LogP contribution in [-0.2, 0) is 4.74 Å². The summed E-state index contributed by atoms with van der Waals surface area (Å²) >= 11 is 0. The molecular formula is C9H11F2NO2. The van der Waals surface area contributed by atoms with Crippen molar-refractivity contribution < 1.29 is 18.6 Å². The first-order valence-electron chi connectivity index (χ1n) is 4.29. The maximum atomic E-state index is 13.1. The molecule has 0 heterocycles. The fraction of sp³-hybridized carbons (Fsp3) is 0.667. The number of aliphatic hydroxyl groups excluding tert-OH is 1. The van der Waals surface area contributed by atoms with Crippen LogP contribution in [0.4, 0.5) is 8.78 Å². The van der Waals surface area contributed by atoms with Gasteiger partial charge in [0.1, 0.15) is 17.9 Å². The average molecular weight is 203 g/mol. The Balaban J connectivity index is 2.70. The Hall–Kier alpha value is -0.990. The third-order valence-electron chi connectivity index (χ3n) is 1.97. The van der Waals surface area contributed by atoms with Gasteiger partial charge in [0, 0.05) is 6.42 Å². The van der Waals surface area contributed by atoms with Crippen LogP contribution in [0.3, 0.4) is 0 Å². The maximum Gasteiger partial charge on any atom is 0.152 e. The van der Waals surface area contributed by atoms with Crippen LogP contribution < -0.4 is 0 Å². The lowest BCUT2D eigenvalue weighted by Gasteiger charge is -2.25. The van der Waals surface area contributed by atoms with E-state index in [0.29, 0.717) is 0 Å². The number of allylic oxidation sites excluding steroid dienone is 1. The summed E-state index contributed by atoms with van der Waals surface area (Å²) < 4.78 is 31.0. The van der Waals surface area contributed by atoms with E-state index in [2.05, 4.69) is 0 Å². The second kappa shape index (κ2) is 4.49. The number of halogens is 2. The van der Waals surface area contributed by atoms with Crippen molar-refractivity contribution in [2.75, 3.05) is 0 Å². The highest BCUT2D eigenvalue weighted by Crippen LogP contribution is 2.29. The summed E-state index contributed by atoms with van der Waals surface area (Å²) in [6.45, 7) is 1.36. The molecule has 0 saturated heterocycles. The van der Waals surface area contributed by atoms with E-state index in [1.165, 1.54) is 6.92 Å². The first kappa shape index (κ1) is 11.1. The topological polar surface area (TPSA) is 53.2 Å². The van der Waals surface area contributed by atoms with Crippen molar-refractivity contribution in [1.82, 2.24) is 0 Å². The number of rotatable bonds is 2. The number of nitriles is 1. The van der Waals surface area contributed by atoms with Crippen LogP contribution in [0.2, 0.25) is 0 Å². The van der Waals surface area contributed by atoms with Crippen molar-refractivity contribution in [3.63, 3.8) is 0 Å². The molecule has 1 rings (SSSR count). The van der Waals surface area contributed by atoms with E-state index < -0.39 is 30.3 Å². The Morgan fingerprint density at radius 2 is 2.43 bits per heavy atom. The van der Waals surface area contributed by atoms with Crippen LogP contribution in [0.15, 0.2) is 11.9 Å². The molecule has 0 spiro atoms. The van der Waals surface area contributed by atoms with Gasteiger partial charge in [-0.2, -0.15) is 5.26 Å². The minimum atomic E-state index is -1.58. The van der Waals surface area contributed by atoms with Crippen molar-refractivity contribution >= 4 is 0 Å². The maximum absolute atomic E-state index is 13.1. The van der Waals surface area contributed by atoms with E-state index in [4.69, 9.17) is 15.1 Å². The minimum Gasteiger partial charge on any atom is -0.368 e. The van der Waals surface area contributed by atoms with Gasteiger partial charge in [-0.1, -0.05) is 0 Å². The Kier molecular flexibility index (Phi) is 3.55. The highest BCUT2D eigenvalue weighted by atomic mass is 19.1. The largest absolute Gasteiger partial charge is 0.368 e. The molecule has 0 aromatic heterocycles. The third kappa shape index (κ3) is 2.50. The SMILES string of the molecule is CC(O)OC1C=C(F)C(C#N)C(F)C1. The van der Waals surface area contributed by atoms with Gasteiger partial charge in [-0.25, -0.2) is 8.78 Å². The number of nitrogens with zero attached hydrogens (tertiary/aromatic N) is 1. The predicted octanol–water partition coefficient (Wildman–Crippen LogP) is 1.44. The summed E-state index contributed by atoms with van der Waals surface area (Å²) in [5.41, 5.74) is 0. The Morgan fingerprint density at radius 1 is 1.79 bits per heavy atom. The first-order chi connectivity index (χ1) is 6.54. The zero-order valence-corrected chi connectivity index (χ0v) is 7.65. The lowest BCUT2D eigenvalue weighted by atomic mass is 9.92. The van der Waals surface area contributed by atoms with Crippen molar-refractivity contribution in [3.05, 3.63) is 11.9 Å². The number of alkyl halides is 1. The van der Waals surface area contributed by atoms with Gasteiger partial charge in [0.25, 0.3) is 0 Å². The predicted molar refractivity (Wildman–Crippen MR) is 44.4 cm³/mol. The molecule has 14 heavy (non-hydrogen) atoms. The summed E-state index contributed by atoms with van der Waals surface area (Å²) in [5, 5.41) is 17.3. The van der Waals surface area contributed by atoms with Gasteiger partial charge in [-0.15, -0.1) is 0 Å². The molecule has 0 aliphatic heterocycles. The summed E-state index contributed by atoms with van der Waals surface area (Å²) in [6, 6.07) is 1.54. The Bertz CT molecular complexity index is 272. The van der Waals surface area contributed by atoms with Gasteiger partial charge in [-0.05, 0) is 13.0 Å². The average Bonchev–Trinajstić information content (AvgIpc) is 2.01. The zero-order chi connectivity index (χ0) is 10.7. The Labute approximate surface area is 80.6 Å². The fourth-order valence-electron chi connectivity index (χ4n) is 1.37. The molecule has 0 radical (unpaired) electrons. The molecule has 4 unspecified atom stereocenters. The molecule has 3 nitrogen and oxygen atoms in total. The van der Waals surface area contributed by atoms with E-state index in [0.717, 1.165) is 6.08 Å². The molecule has 78 valence electrons. The summed E-state index contributed by atoms with van der Waals surface area (Å²) in [4.78, 5) is 0. The number of aliphatic hydroxyl groups is 1. The van der Waals surface area contributed by atoms with Crippen molar-refractivity contribution in [3.8, 4) is 6.07 Å². The van der Waals surface area contributed by atoms with Crippen LogP contribution in [0.25, 0.3) is 0 Å². The van der Waals surface area contributed by atoms with E-state index >= 15 is 0 Å². The first-order valence-corrected chi connectivity index (χ1v) is 4.29. The van der Waals surface area contributed by atoms with Crippen LogP contribution in [0.1, 0.15) is 13.3 Å². The monoisotopic (exact) mass is 203 g/mol. The van der Waals surface area contributed by atoms with E-state index in [1.54, 1.807) is 6.07 Å². The smallest absolute Gasteiger partial charge is 0.152 e. The lowest BCUT2D eigenvalue weighted by molar-refractivity contribution is -0.118. The van der Waals surface area contributed by atoms with Gasteiger partial charge in [-0.3, -0.25) is 0 Å². The highest BCUT2D eigenvalue weighted by Gasteiger charge is 2.33. The van der Waals surface area contributed by atoms with Gasteiger partial charge < -0.3 is 9.84 Å². The lowest BCUT2D eigenvalue weighted by Crippen LogP contribution is -2.30. The van der Waals surface area contributed by atoms with Crippen LogP contribution in [0.5, 0.6) is 0 Å². The highest BCUT2D eigenvalue weighted by molar-refractivity contribution is 5.16. The number of hydrogen-bond donors (Lipinski definition) is 1. The van der Waals surface area contributed by atoms with Gasteiger partial charge in [0.15, 0.2) is 6.29 Å². The molecule has 0 saturated carbocycles. The molecule has 0 aromatic carbocycles. The van der Waals surface area contributed by atoms with Crippen molar-refractivity contribution in [2.24, 2.45) is 5.92 Å².